The van der Waals surface area contributed by atoms with Crippen LogP contribution in [0.3, 0.4) is 0 Å². The van der Waals surface area contributed by atoms with Crippen molar-refractivity contribution in [3.63, 3.8) is 0 Å². The van der Waals surface area contributed by atoms with Crippen LogP contribution in [0.2, 0.25) is 0 Å². The molecule has 2 aromatic rings. The van der Waals surface area contributed by atoms with E-state index in [-0.39, 0.29) is 12.5 Å². The maximum absolute atomic E-state index is 12.4. The maximum atomic E-state index is 12.4. The first kappa shape index (κ1) is 19.0. The van der Waals surface area contributed by atoms with Crippen LogP contribution in [0, 0.1) is 0 Å². The SMILES string of the molecule is COc1ccccc1NC(=O)CNc1ccccc1SCC(F)(F)F. The van der Waals surface area contributed by atoms with Gasteiger partial charge in [0, 0.05) is 10.6 Å². The Kier molecular flexibility index (Phi) is 6.58. The highest BCUT2D eigenvalue weighted by Gasteiger charge is 2.27. The van der Waals surface area contributed by atoms with Gasteiger partial charge in [-0.1, -0.05) is 24.3 Å². The van der Waals surface area contributed by atoms with Crippen molar-refractivity contribution in [1.29, 1.82) is 0 Å². The summed E-state index contributed by atoms with van der Waals surface area (Å²) in [5, 5.41) is 5.56. The first-order chi connectivity index (χ1) is 11.9. The topological polar surface area (TPSA) is 50.4 Å². The van der Waals surface area contributed by atoms with Gasteiger partial charge in [0.2, 0.25) is 5.91 Å². The van der Waals surface area contributed by atoms with Crippen molar-refractivity contribution < 1.29 is 22.7 Å². The maximum Gasteiger partial charge on any atom is 0.398 e. The lowest BCUT2D eigenvalue weighted by atomic mass is 10.3. The van der Waals surface area contributed by atoms with Crippen LogP contribution in [-0.2, 0) is 4.79 Å². The lowest BCUT2D eigenvalue weighted by Crippen LogP contribution is -2.22. The largest absolute Gasteiger partial charge is 0.495 e. The molecule has 134 valence electrons. The number of para-hydroxylation sites is 3. The highest BCUT2D eigenvalue weighted by molar-refractivity contribution is 7.99. The molecular weight excluding hydrogens is 353 g/mol. The van der Waals surface area contributed by atoms with Crippen LogP contribution in [0.1, 0.15) is 0 Å². The Balaban J connectivity index is 1.95. The molecule has 0 aliphatic heterocycles. The third-order valence-electron chi connectivity index (χ3n) is 3.10. The summed E-state index contributed by atoms with van der Waals surface area (Å²) in [5.41, 5.74) is 1.00. The molecule has 0 radical (unpaired) electrons. The number of hydrogen-bond donors (Lipinski definition) is 2. The lowest BCUT2D eigenvalue weighted by Gasteiger charge is -2.13. The molecule has 0 aliphatic rings. The number of alkyl halides is 3. The lowest BCUT2D eigenvalue weighted by molar-refractivity contribution is -0.114. The fourth-order valence-corrected chi connectivity index (χ4v) is 2.81. The summed E-state index contributed by atoms with van der Waals surface area (Å²) in [6.07, 6.45) is -4.25. The summed E-state index contributed by atoms with van der Waals surface area (Å²) in [4.78, 5) is 12.5. The number of nitrogens with one attached hydrogen (secondary N) is 2. The van der Waals surface area contributed by atoms with Gasteiger partial charge >= 0.3 is 6.18 Å². The predicted molar refractivity (Wildman–Crippen MR) is 93.3 cm³/mol. The number of halogens is 3. The van der Waals surface area contributed by atoms with E-state index in [0.29, 0.717) is 33.8 Å². The highest BCUT2D eigenvalue weighted by atomic mass is 32.2. The van der Waals surface area contributed by atoms with E-state index in [9.17, 15) is 18.0 Å². The number of carbonyl (C=O) groups is 1. The molecule has 0 atom stereocenters. The van der Waals surface area contributed by atoms with Crippen LogP contribution < -0.4 is 15.4 Å². The Hall–Kier alpha value is -2.35. The number of hydrogen-bond acceptors (Lipinski definition) is 4. The quantitative estimate of drug-likeness (QED) is 0.710. The van der Waals surface area contributed by atoms with E-state index in [1.54, 1.807) is 48.5 Å². The zero-order valence-electron chi connectivity index (χ0n) is 13.4. The molecule has 0 spiro atoms. The number of anilines is 2. The van der Waals surface area contributed by atoms with E-state index < -0.39 is 11.9 Å². The van der Waals surface area contributed by atoms with Gasteiger partial charge in [0.25, 0.3) is 0 Å². The zero-order valence-corrected chi connectivity index (χ0v) is 14.2. The normalized spacial score (nSPS) is 11.0. The predicted octanol–water partition coefficient (Wildman–Crippen LogP) is 4.40. The minimum atomic E-state index is -4.25. The molecule has 0 aliphatic carbocycles. The van der Waals surface area contributed by atoms with Crippen molar-refractivity contribution in [1.82, 2.24) is 0 Å². The summed E-state index contributed by atoms with van der Waals surface area (Å²) >= 11 is 0.676. The van der Waals surface area contributed by atoms with E-state index in [0.717, 1.165) is 0 Å². The molecule has 0 saturated heterocycles. The second kappa shape index (κ2) is 8.66. The Morgan fingerprint density at radius 2 is 1.72 bits per heavy atom. The molecule has 0 bridgehead atoms. The number of thioether (sulfide) groups is 1. The van der Waals surface area contributed by atoms with Crippen LogP contribution in [-0.4, -0.2) is 31.5 Å². The molecule has 4 nitrogen and oxygen atoms in total. The fraction of sp³-hybridized carbons (Fsp3) is 0.235. The molecule has 0 saturated carbocycles. The van der Waals surface area contributed by atoms with Crippen molar-refractivity contribution in [2.24, 2.45) is 0 Å². The van der Waals surface area contributed by atoms with Crippen LogP contribution in [0.5, 0.6) is 5.75 Å². The number of carbonyl (C=O) groups excluding carboxylic acids is 1. The molecule has 0 fully saturated rings. The van der Waals surface area contributed by atoms with Crippen molar-refractivity contribution in [2.45, 2.75) is 11.1 Å². The number of ether oxygens (including phenoxy) is 1. The number of rotatable bonds is 7. The zero-order chi connectivity index (χ0) is 18.3. The molecule has 25 heavy (non-hydrogen) atoms. The van der Waals surface area contributed by atoms with Crippen LogP contribution >= 0.6 is 11.8 Å². The van der Waals surface area contributed by atoms with Gasteiger partial charge in [0.15, 0.2) is 0 Å². The second-order valence-electron chi connectivity index (χ2n) is 5.00. The minimum absolute atomic E-state index is 0.0817. The number of methoxy groups -OCH3 is 1. The molecule has 0 heterocycles. The summed E-state index contributed by atoms with van der Waals surface area (Å²) in [6, 6.07) is 13.5. The average Bonchev–Trinajstić information content (AvgIpc) is 2.58. The van der Waals surface area contributed by atoms with Crippen molar-refractivity contribution in [3.05, 3.63) is 48.5 Å². The van der Waals surface area contributed by atoms with Crippen LogP contribution in [0.15, 0.2) is 53.4 Å². The Labute approximate surface area is 147 Å². The molecule has 0 unspecified atom stereocenters. The summed E-state index contributed by atoms with van der Waals surface area (Å²) < 4.78 is 42.3. The highest BCUT2D eigenvalue weighted by Crippen LogP contribution is 2.32. The molecule has 1 amide bonds. The standard InChI is InChI=1S/C17H17F3N2O2S/c1-24-14-8-4-2-6-12(14)22-16(23)10-21-13-7-3-5-9-15(13)25-11-17(18,19)20/h2-9,21H,10-11H2,1H3,(H,22,23). The summed E-state index contributed by atoms with van der Waals surface area (Å²) in [5.74, 6) is -0.795. The Bertz CT molecular complexity index is 723. The average molecular weight is 370 g/mol. The summed E-state index contributed by atoms with van der Waals surface area (Å²) in [7, 11) is 1.50. The van der Waals surface area contributed by atoms with Crippen molar-refractivity contribution in [3.8, 4) is 5.75 Å². The third kappa shape index (κ3) is 6.22. The molecule has 2 rings (SSSR count). The van der Waals surface area contributed by atoms with E-state index in [1.807, 2.05) is 0 Å². The van der Waals surface area contributed by atoms with Gasteiger partial charge in [-0.25, -0.2) is 0 Å². The third-order valence-corrected chi connectivity index (χ3v) is 4.24. The smallest absolute Gasteiger partial charge is 0.398 e. The van der Waals surface area contributed by atoms with E-state index in [4.69, 9.17) is 4.74 Å². The van der Waals surface area contributed by atoms with Gasteiger partial charge in [-0.05, 0) is 24.3 Å². The first-order valence-corrected chi connectivity index (χ1v) is 8.33. The first-order valence-electron chi connectivity index (χ1n) is 7.34. The van der Waals surface area contributed by atoms with E-state index in [2.05, 4.69) is 10.6 Å². The van der Waals surface area contributed by atoms with E-state index >= 15 is 0 Å². The monoisotopic (exact) mass is 370 g/mol. The number of amides is 1. The molecule has 2 aromatic carbocycles. The fourth-order valence-electron chi connectivity index (χ4n) is 2.02. The van der Waals surface area contributed by atoms with Gasteiger partial charge in [-0.3, -0.25) is 4.79 Å². The van der Waals surface area contributed by atoms with Crippen LogP contribution in [0.4, 0.5) is 24.5 Å². The second-order valence-corrected chi connectivity index (χ2v) is 6.02. The van der Waals surface area contributed by atoms with Gasteiger partial charge < -0.3 is 15.4 Å². The Morgan fingerprint density at radius 1 is 1.08 bits per heavy atom. The molecule has 0 aromatic heterocycles. The minimum Gasteiger partial charge on any atom is -0.495 e. The van der Waals surface area contributed by atoms with Gasteiger partial charge in [-0.2, -0.15) is 13.2 Å². The summed E-state index contributed by atoms with van der Waals surface area (Å²) in [6.45, 7) is -0.0817. The van der Waals surface area contributed by atoms with Crippen molar-refractivity contribution >= 4 is 29.0 Å². The van der Waals surface area contributed by atoms with Crippen LogP contribution in [0.25, 0.3) is 0 Å². The number of benzene rings is 2. The van der Waals surface area contributed by atoms with Gasteiger partial charge in [-0.15, -0.1) is 11.8 Å². The van der Waals surface area contributed by atoms with Crippen molar-refractivity contribution in [2.75, 3.05) is 30.0 Å². The molecule has 2 N–H and O–H groups in total. The molecule has 8 heteroatoms. The Morgan fingerprint density at radius 3 is 2.40 bits per heavy atom. The van der Waals surface area contributed by atoms with Gasteiger partial charge in [0.1, 0.15) is 5.75 Å². The van der Waals surface area contributed by atoms with E-state index in [1.165, 1.54) is 7.11 Å². The molecular formula is C17H17F3N2O2S. The van der Waals surface area contributed by atoms with Gasteiger partial charge in [0.05, 0.1) is 25.1 Å².